The van der Waals surface area contributed by atoms with Gasteiger partial charge in [0.25, 0.3) is 5.56 Å². The topological polar surface area (TPSA) is 85.7 Å². The van der Waals surface area contributed by atoms with Crippen molar-refractivity contribution in [2.75, 3.05) is 32.7 Å². The van der Waals surface area contributed by atoms with Crippen LogP contribution in [0.3, 0.4) is 0 Å². The van der Waals surface area contributed by atoms with Crippen molar-refractivity contribution in [3.05, 3.63) is 94.5 Å². The second-order valence-corrected chi connectivity index (χ2v) is 8.89. The van der Waals surface area contributed by atoms with Crippen molar-refractivity contribution in [2.24, 2.45) is 0 Å². The highest BCUT2D eigenvalue weighted by molar-refractivity contribution is 5.89. The molecule has 0 aliphatic rings. The van der Waals surface area contributed by atoms with E-state index in [-0.39, 0.29) is 11.6 Å². The lowest BCUT2D eigenvalue weighted by molar-refractivity contribution is 0.131. The fourth-order valence-corrected chi connectivity index (χ4v) is 4.57. The molecular formula is C30H34N4O4. The lowest BCUT2D eigenvalue weighted by Crippen LogP contribution is -2.42. The summed E-state index contributed by atoms with van der Waals surface area (Å²) in [5.41, 5.74) is 2.79. The van der Waals surface area contributed by atoms with Gasteiger partial charge in [-0.2, -0.15) is 0 Å². The van der Waals surface area contributed by atoms with E-state index in [0.29, 0.717) is 53.4 Å². The van der Waals surface area contributed by atoms with Crippen LogP contribution in [0.5, 0.6) is 5.75 Å². The lowest BCUT2D eigenvalue weighted by Gasteiger charge is -2.32. The molecule has 0 saturated heterocycles. The monoisotopic (exact) mass is 514 g/mol. The first-order valence-electron chi connectivity index (χ1n) is 12.8. The Kier molecular flexibility index (Phi) is 8.76. The number of benzene rings is 3. The van der Waals surface area contributed by atoms with Gasteiger partial charge in [0.05, 0.1) is 36.3 Å². The van der Waals surface area contributed by atoms with Crippen LogP contribution in [0.2, 0.25) is 0 Å². The molecule has 1 aromatic heterocycles. The predicted molar refractivity (Wildman–Crippen MR) is 150 cm³/mol. The third-order valence-electron chi connectivity index (χ3n) is 6.60. The van der Waals surface area contributed by atoms with Gasteiger partial charge in [-0.1, -0.05) is 50.2 Å². The molecule has 0 saturated carbocycles. The Balaban J connectivity index is 1.86. The van der Waals surface area contributed by atoms with Crippen LogP contribution >= 0.6 is 0 Å². The highest BCUT2D eigenvalue weighted by Gasteiger charge is 2.30. The Morgan fingerprint density at radius 3 is 2.39 bits per heavy atom. The Morgan fingerprint density at radius 1 is 1.00 bits per heavy atom. The summed E-state index contributed by atoms with van der Waals surface area (Å²) in [5, 5.41) is 3.50. The van der Waals surface area contributed by atoms with Crippen molar-refractivity contribution in [3.8, 4) is 11.4 Å². The number of hydrogen-bond acceptors (Lipinski definition) is 5. The SMILES string of the molecule is CCc1ccc(NC(=O)N(CCOC)C(CC)c2nc3ccccc3c(=O)n2-c2ccccc2OC)cc1. The molecule has 8 heteroatoms. The predicted octanol–water partition coefficient (Wildman–Crippen LogP) is 5.59. The Labute approximate surface area is 222 Å². The quantitative estimate of drug-likeness (QED) is 0.298. The average Bonchev–Trinajstić information content (AvgIpc) is 2.95. The first-order valence-corrected chi connectivity index (χ1v) is 12.8. The molecule has 0 aliphatic carbocycles. The number of fused-ring (bicyclic) bond motifs is 1. The maximum Gasteiger partial charge on any atom is 0.322 e. The molecule has 0 radical (unpaired) electrons. The molecule has 0 bridgehead atoms. The summed E-state index contributed by atoms with van der Waals surface area (Å²) in [7, 11) is 3.16. The molecule has 1 unspecified atom stereocenters. The van der Waals surface area contributed by atoms with E-state index < -0.39 is 6.04 Å². The van der Waals surface area contributed by atoms with Crippen molar-refractivity contribution in [1.29, 1.82) is 0 Å². The molecule has 4 aromatic rings. The molecule has 0 fully saturated rings. The zero-order chi connectivity index (χ0) is 27.1. The molecular weight excluding hydrogens is 480 g/mol. The van der Waals surface area contributed by atoms with Crippen molar-refractivity contribution in [2.45, 2.75) is 32.7 Å². The molecule has 4 rings (SSSR count). The second-order valence-electron chi connectivity index (χ2n) is 8.89. The molecule has 2 amide bonds. The number of rotatable bonds is 10. The number of carbonyl (C=O) groups excluding carboxylic acids is 1. The van der Waals surface area contributed by atoms with Gasteiger partial charge in [-0.05, 0) is 54.8 Å². The minimum atomic E-state index is -0.526. The number of nitrogens with zero attached hydrogens (tertiary/aromatic N) is 3. The van der Waals surface area contributed by atoms with E-state index in [0.717, 1.165) is 6.42 Å². The largest absolute Gasteiger partial charge is 0.495 e. The third kappa shape index (κ3) is 5.55. The highest BCUT2D eigenvalue weighted by atomic mass is 16.5. The van der Waals surface area contributed by atoms with Crippen LogP contribution in [0.4, 0.5) is 10.5 Å². The molecule has 198 valence electrons. The summed E-state index contributed by atoms with van der Waals surface area (Å²) in [5.74, 6) is 0.986. The number of hydrogen-bond donors (Lipinski definition) is 1. The van der Waals surface area contributed by atoms with Crippen molar-refractivity contribution in [1.82, 2.24) is 14.5 Å². The first kappa shape index (κ1) is 26.9. The third-order valence-corrected chi connectivity index (χ3v) is 6.60. The maximum absolute atomic E-state index is 13.9. The Hall–Kier alpha value is -4.17. The van der Waals surface area contributed by atoms with Crippen LogP contribution in [-0.4, -0.2) is 47.9 Å². The number of amides is 2. The van der Waals surface area contributed by atoms with Crippen LogP contribution in [0.15, 0.2) is 77.6 Å². The van der Waals surface area contributed by atoms with E-state index in [1.165, 1.54) is 5.56 Å². The van der Waals surface area contributed by atoms with E-state index in [4.69, 9.17) is 14.5 Å². The first-order chi connectivity index (χ1) is 18.5. The van der Waals surface area contributed by atoms with Gasteiger partial charge >= 0.3 is 6.03 Å². The van der Waals surface area contributed by atoms with E-state index in [1.807, 2.05) is 67.6 Å². The maximum atomic E-state index is 13.9. The summed E-state index contributed by atoms with van der Waals surface area (Å²) >= 11 is 0. The number of methoxy groups -OCH3 is 2. The molecule has 1 heterocycles. The number of carbonyl (C=O) groups is 1. The fraction of sp³-hybridized carbons (Fsp3) is 0.300. The number of aromatic nitrogens is 2. The van der Waals surface area contributed by atoms with Gasteiger partial charge in [-0.3, -0.25) is 9.36 Å². The van der Waals surface area contributed by atoms with Gasteiger partial charge in [0.2, 0.25) is 0 Å². The van der Waals surface area contributed by atoms with Gasteiger partial charge in [0.1, 0.15) is 11.6 Å². The average molecular weight is 515 g/mol. The van der Waals surface area contributed by atoms with Crippen LogP contribution in [0.25, 0.3) is 16.6 Å². The summed E-state index contributed by atoms with van der Waals surface area (Å²) in [6, 6.07) is 21.5. The molecule has 3 aromatic carbocycles. The smallest absolute Gasteiger partial charge is 0.322 e. The van der Waals surface area contributed by atoms with Crippen LogP contribution < -0.4 is 15.6 Å². The highest BCUT2D eigenvalue weighted by Crippen LogP contribution is 2.30. The van der Waals surface area contributed by atoms with E-state index >= 15 is 0 Å². The second kappa shape index (κ2) is 12.4. The van der Waals surface area contributed by atoms with E-state index in [9.17, 15) is 9.59 Å². The van der Waals surface area contributed by atoms with E-state index in [1.54, 1.807) is 35.8 Å². The minimum Gasteiger partial charge on any atom is -0.495 e. The molecule has 1 atom stereocenters. The zero-order valence-corrected chi connectivity index (χ0v) is 22.3. The van der Waals surface area contributed by atoms with Crippen molar-refractivity contribution in [3.63, 3.8) is 0 Å². The van der Waals surface area contributed by atoms with Crippen molar-refractivity contribution >= 4 is 22.6 Å². The summed E-state index contributed by atoms with van der Waals surface area (Å²) in [6.45, 7) is 4.69. The van der Waals surface area contributed by atoms with Gasteiger partial charge in [0, 0.05) is 19.3 Å². The van der Waals surface area contributed by atoms with Crippen LogP contribution in [-0.2, 0) is 11.2 Å². The summed E-state index contributed by atoms with van der Waals surface area (Å²) < 4.78 is 12.5. The normalized spacial score (nSPS) is 11.8. The molecule has 38 heavy (non-hydrogen) atoms. The molecule has 8 nitrogen and oxygen atoms in total. The number of urea groups is 1. The number of ether oxygens (including phenoxy) is 2. The minimum absolute atomic E-state index is 0.226. The van der Waals surface area contributed by atoms with Crippen molar-refractivity contribution < 1.29 is 14.3 Å². The molecule has 0 aliphatic heterocycles. The van der Waals surface area contributed by atoms with Gasteiger partial charge in [-0.15, -0.1) is 0 Å². The standard InChI is InChI=1S/C30H34N4O4/c1-5-21-15-17-22(18-16-21)31-30(36)33(19-20-37-3)25(6-2)28-32-24-12-8-7-11-23(24)29(35)34(28)26-13-9-10-14-27(26)38-4/h7-18,25H,5-6,19-20H2,1-4H3,(H,31,36). The zero-order valence-electron chi connectivity index (χ0n) is 22.3. The van der Waals surface area contributed by atoms with Gasteiger partial charge in [-0.25, -0.2) is 9.78 Å². The number of nitrogens with one attached hydrogen (secondary N) is 1. The number of anilines is 1. The van der Waals surface area contributed by atoms with Gasteiger partial charge in [0.15, 0.2) is 0 Å². The lowest BCUT2D eigenvalue weighted by atomic mass is 10.1. The molecule has 1 N–H and O–H groups in total. The van der Waals surface area contributed by atoms with Crippen LogP contribution in [0.1, 0.15) is 37.7 Å². The van der Waals surface area contributed by atoms with Crippen LogP contribution in [0, 0.1) is 0 Å². The Morgan fingerprint density at radius 2 is 1.71 bits per heavy atom. The van der Waals surface area contributed by atoms with Gasteiger partial charge < -0.3 is 19.7 Å². The molecule has 0 spiro atoms. The van der Waals surface area contributed by atoms with E-state index in [2.05, 4.69) is 12.2 Å². The summed E-state index contributed by atoms with van der Waals surface area (Å²) in [6.07, 6.45) is 1.44. The number of aryl methyl sites for hydroxylation is 1. The number of para-hydroxylation sites is 3. The summed E-state index contributed by atoms with van der Waals surface area (Å²) in [4.78, 5) is 34.2. The fourth-order valence-electron chi connectivity index (χ4n) is 4.57. The Bertz CT molecular complexity index is 1450.